The van der Waals surface area contributed by atoms with Gasteiger partial charge < -0.3 is 19.1 Å². The summed E-state index contributed by atoms with van der Waals surface area (Å²) in [6.45, 7) is 4.32. The number of para-hydroxylation sites is 1. The minimum atomic E-state index is -0.457. The third-order valence-electron chi connectivity index (χ3n) is 11.9. The van der Waals surface area contributed by atoms with Crippen LogP contribution in [0.2, 0.25) is 0 Å². The molecule has 0 saturated heterocycles. The van der Waals surface area contributed by atoms with Crippen molar-refractivity contribution in [2.24, 2.45) is 0 Å². The topological polar surface area (TPSA) is 30.9 Å². The Kier molecular flexibility index (Phi) is 6.52. The maximum Gasteiger partial charge on any atom is 0.179 e. The standard InChI is InChI=1S/C49H37NO3/c1-3-32-33-17-8-11-20-39(33)49(38(32)4-2)40-21-12-9-18-34(40)37-28-46-47(29-41(37)49)53-48-42(22-14-24-44(48)52-46)50(30-15-6-5-7-16-30)31-25-26-36-35-19-10-13-23-43(35)51-45(36)27-31/h3-29,35,43-44,48H,1-2H3/b32-3?,38-4+. The molecule has 5 aromatic rings. The average molecular weight is 688 g/mol. The van der Waals surface area contributed by atoms with Crippen molar-refractivity contribution in [3.05, 3.63) is 203 Å². The summed E-state index contributed by atoms with van der Waals surface area (Å²) in [5.41, 5.74) is 14.0. The summed E-state index contributed by atoms with van der Waals surface area (Å²) < 4.78 is 20.6. The van der Waals surface area contributed by atoms with Crippen molar-refractivity contribution in [3.63, 3.8) is 0 Å². The van der Waals surface area contributed by atoms with E-state index in [2.05, 4.69) is 183 Å². The molecule has 6 aliphatic rings. The lowest BCUT2D eigenvalue weighted by Crippen LogP contribution is -2.45. The molecule has 11 rings (SSSR count). The Morgan fingerprint density at radius 3 is 2.11 bits per heavy atom. The molecule has 0 radical (unpaired) electrons. The van der Waals surface area contributed by atoms with Crippen LogP contribution in [-0.4, -0.2) is 18.3 Å². The van der Waals surface area contributed by atoms with Crippen LogP contribution in [0.1, 0.15) is 47.6 Å². The number of allylic oxidation sites excluding steroid dienone is 8. The number of rotatable bonds is 3. The fourth-order valence-corrected chi connectivity index (χ4v) is 9.80. The monoisotopic (exact) mass is 687 g/mol. The van der Waals surface area contributed by atoms with E-state index in [9.17, 15) is 0 Å². The van der Waals surface area contributed by atoms with Gasteiger partial charge in [0.15, 0.2) is 23.7 Å². The molecular formula is C49H37NO3. The van der Waals surface area contributed by atoms with Gasteiger partial charge in [0, 0.05) is 28.9 Å². The van der Waals surface area contributed by atoms with Gasteiger partial charge in [-0.05, 0) is 107 Å². The van der Waals surface area contributed by atoms with Gasteiger partial charge in [-0.1, -0.05) is 109 Å². The van der Waals surface area contributed by atoms with Crippen molar-refractivity contribution in [1.82, 2.24) is 0 Å². The van der Waals surface area contributed by atoms with Gasteiger partial charge in [-0.2, -0.15) is 0 Å². The van der Waals surface area contributed by atoms with Gasteiger partial charge in [-0.25, -0.2) is 0 Å². The Morgan fingerprint density at radius 1 is 0.566 bits per heavy atom. The number of anilines is 2. The SMILES string of the molecule is CC=C1/C(=C\C)C2(c3ccccc31)c1ccccc1-c1cc3c(cc12)OC1C(N(c2ccccc2)c2ccc4c(c2)OC2C=CC=CC42)=CC=CC1O3. The lowest BCUT2D eigenvalue weighted by atomic mass is 9.70. The van der Waals surface area contributed by atoms with E-state index in [1.165, 1.54) is 50.1 Å². The molecule has 0 amide bonds. The van der Waals surface area contributed by atoms with Crippen LogP contribution in [0.4, 0.5) is 11.4 Å². The molecule has 0 saturated carbocycles. The summed E-state index contributed by atoms with van der Waals surface area (Å²) in [4.78, 5) is 2.29. The first-order valence-electron chi connectivity index (χ1n) is 18.6. The largest absolute Gasteiger partial charge is 0.485 e. The molecular weight excluding hydrogens is 651 g/mol. The summed E-state index contributed by atoms with van der Waals surface area (Å²) in [6.07, 6.45) is 18.8. The van der Waals surface area contributed by atoms with Crippen molar-refractivity contribution in [2.45, 2.75) is 43.5 Å². The second kappa shape index (κ2) is 11.4. The van der Waals surface area contributed by atoms with Crippen molar-refractivity contribution in [2.75, 3.05) is 4.90 Å². The summed E-state index contributed by atoms with van der Waals surface area (Å²) in [5, 5.41) is 0. The van der Waals surface area contributed by atoms with E-state index in [0.717, 1.165) is 34.3 Å². The lowest BCUT2D eigenvalue weighted by molar-refractivity contribution is 0.0675. The zero-order valence-corrected chi connectivity index (χ0v) is 29.6. The zero-order chi connectivity index (χ0) is 35.3. The maximum atomic E-state index is 7.21. The van der Waals surface area contributed by atoms with E-state index >= 15 is 0 Å². The van der Waals surface area contributed by atoms with Crippen LogP contribution in [0.15, 0.2) is 175 Å². The maximum absolute atomic E-state index is 7.21. The minimum absolute atomic E-state index is 0.0261. The van der Waals surface area contributed by atoms with Crippen LogP contribution < -0.4 is 19.1 Å². The smallest absolute Gasteiger partial charge is 0.179 e. The highest BCUT2D eigenvalue weighted by Crippen LogP contribution is 2.65. The molecule has 4 aliphatic carbocycles. The van der Waals surface area contributed by atoms with Crippen LogP contribution in [0, 0.1) is 0 Å². The first-order valence-corrected chi connectivity index (χ1v) is 18.6. The molecule has 5 unspecified atom stereocenters. The number of nitrogens with zero attached hydrogens (tertiary/aromatic N) is 1. The number of benzene rings is 5. The van der Waals surface area contributed by atoms with Gasteiger partial charge in [-0.3, -0.25) is 0 Å². The molecule has 4 heteroatoms. The Labute approximate surface area is 310 Å². The van der Waals surface area contributed by atoms with Gasteiger partial charge in [0.05, 0.1) is 11.1 Å². The normalized spacial score (nSPS) is 26.0. The van der Waals surface area contributed by atoms with E-state index in [-0.39, 0.29) is 18.1 Å². The molecule has 53 heavy (non-hydrogen) atoms. The minimum Gasteiger partial charge on any atom is -0.485 e. The molecule has 0 aromatic heterocycles. The fourth-order valence-electron chi connectivity index (χ4n) is 9.80. The van der Waals surface area contributed by atoms with Gasteiger partial charge in [0.1, 0.15) is 11.9 Å². The molecule has 2 heterocycles. The molecule has 1 spiro atoms. The molecule has 0 N–H and O–H groups in total. The Hall–Kier alpha value is -6.26. The summed E-state index contributed by atoms with van der Waals surface area (Å²) in [5.74, 6) is 2.68. The quantitative estimate of drug-likeness (QED) is 0.189. The predicted molar refractivity (Wildman–Crippen MR) is 212 cm³/mol. The Bertz CT molecular complexity index is 2550. The molecule has 256 valence electrons. The fraction of sp³-hybridized carbons (Fsp3) is 0.143. The van der Waals surface area contributed by atoms with Crippen LogP contribution in [0.25, 0.3) is 16.7 Å². The molecule has 0 bridgehead atoms. The van der Waals surface area contributed by atoms with Crippen LogP contribution in [0.3, 0.4) is 0 Å². The van der Waals surface area contributed by atoms with Crippen LogP contribution >= 0.6 is 0 Å². The third-order valence-corrected chi connectivity index (χ3v) is 11.9. The highest BCUT2D eigenvalue weighted by atomic mass is 16.6. The number of ether oxygens (including phenoxy) is 3. The second-order valence-electron chi connectivity index (χ2n) is 14.5. The third kappa shape index (κ3) is 4.12. The first kappa shape index (κ1) is 30.4. The molecule has 5 atom stereocenters. The first-order chi connectivity index (χ1) is 26.2. The second-order valence-corrected chi connectivity index (χ2v) is 14.5. The molecule has 5 aromatic carbocycles. The average Bonchev–Trinajstić information content (AvgIpc) is 3.82. The van der Waals surface area contributed by atoms with Gasteiger partial charge in [-0.15, -0.1) is 0 Å². The predicted octanol–water partition coefficient (Wildman–Crippen LogP) is 11.1. The van der Waals surface area contributed by atoms with E-state index in [0.29, 0.717) is 0 Å². The van der Waals surface area contributed by atoms with Crippen molar-refractivity contribution < 1.29 is 14.2 Å². The van der Waals surface area contributed by atoms with Crippen molar-refractivity contribution >= 4 is 16.9 Å². The number of hydrogen-bond donors (Lipinski definition) is 0. The Balaban J connectivity index is 1.05. The van der Waals surface area contributed by atoms with E-state index in [1.807, 2.05) is 0 Å². The van der Waals surface area contributed by atoms with Gasteiger partial charge >= 0.3 is 0 Å². The molecule has 4 nitrogen and oxygen atoms in total. The summed E-state index contributed by atoms with van der Waals surface area (Å²) in [7, 11) is 0. The van der Waals surface area contributed by atoms with E-state index < -0.39 is 11.5 Å². The lowest BCUT2D eigenvalue weighted by Gasteiger charge is -2.40. The number of hydrogen-bond acceptors (Lipinski definition) is 4. The van der Waals surface area contributed by atoms with Crippen molar-refractivity contribution in [1.29, 1.82) is 0 Å². The zero-order valence-electron chi connectivity index (χ0n) is 29.6. The summed E-state index contributed by atoms with van der Waals surface area (Å²) in [6, 6.07) is 39.4. The summed E-state index contributed by atoms with van der Waals surface area (Å²) >= 11 is 0. The number of fused-ring (bicyclic) bond motifs is 12. The molecule has 0 fully saturated rings. The van der Waals surface area contributed by atoms with E-state index in [4.69, 9.17) is 14.2 Å². The highest BCUT2D eigenvalue weighted by Gasteiger charge is 2.54. The highest BCUT2D eigenvalue weighted by molar-refractivity contribution is 6.00. The van der Waals surface area contributed by atoms with Crippen molar-refractivity contribution in [3.8, 4) is 28.4 Å². The van der Waals surface area contributed by atoms with E-state index in [1.54, 1.807) is 0 Å². The molecule has 2 aliphatic heterocycles. The van der Waals surface area contributed by atoms with Gasteiger partial charge in [0.25, 0.3) is 0 Å². The van der Waals surface area contributed by atoms with Gasteiger partial charge in [0.2, 0.25) is 0 Å². The van der Waals surface area contributed by atoms with Crippen LogP contribution in [0.5, 0.6) is 17.2 Å². The Morgan fingerprint density at radius 2 is 1.28 bits per heavy atom. The van der Waals surface area contributed by atoms with Crippen LogP contribution in [-0.2, 0) is 5.41 Å².